The van der Waals surface area contributed by atoms with Crippen LogP contribution in [0.25, 0.3) is 5.57 Å². The molecule has 170 valence electrons. The minimum Gasteiger partial charge on any atom is -0.489 e. The highest BCUT2D eigenvalue weighted by Gasteiger charge is 2.08. The third kappa shape index (κ3) is 6.97. The van der Waals surface area contributed by atoms with Crippen molar-refractivity contribution in [3.63, 3.8) is 0 Å². The summed E-state index contributed by atoms with van der Waals surface area (Å²) in [6, 6.07) is 14.1. The molecule has 0 saturated heterocycles. The minimum atomic E-state index is 0.362. The van der Waals surface area contributed by atoms with Gasteiger partial charge in [0.1, 0.15) is 12.4 Å². The van der Waals surface area contributed by atoms with Crippen molar-refractivity contribution in [1.29, 1.82) is 5.26 Å². The molecule has 4 heteroatoms. The first-order valence-electron chi connectivity index (χ1n) is 11.4. The molecule has 0 saturated carbocycles. The molecule has 1 aliphatic rings. The van der Waals surface area contributed by atoms with Gasteiger partial charge in [-0.3, -0.25) is 0 Å². The topological polar surface area (TPSA) is 45.0 Å². The molecule has 1 N–H and O–H groups in total. The highest BCUT2D eigenvalue weighted by molar-refractivity contribution is 9.10. The molecule has 0 atom stereocenters. The Morgan fingerprint density at radius 2 is 2.06 bits per heavy atom. The van der Waals surface area contributed by atoms with Crippen molar-refractivity contribution in [2.75, 3.05) is 0 Å². The van der Waals surface area contributed by atoms with Crippen LogP contribution >= 0.6 is 15.9 Å². The number of hydrogen-bond donors (Lipinski definition) is 1. The summed E-state index contributed by atoms with van der Waals surface area (Å²) < 4.78 is 6.93. The van der Waals surface area contributed by atoms with E-state index < -0.39 is 0 Å². The third-order valence-corrected chi connectivity index (χ3v) is 6.09. The highest BCUT2D eigenvalue weighted by Crippen LogP contribution is 2.25. The molecular weight excluding hydrogens is 472 g/mol. The van der Waals surface area contributed by atoms with E-state index in [0.717, 1.165) is 58.2 Å². The summed E-state index contributed by atoms with van der Waals surface area (Å²) in [7, 11) is 0. The number of hydrogen-bond acceptors (Lipinski definition) is 3. The van der Waals surface area contributed by atoms with E-state index in [2.05, 4.69) is 90.7 Å². The Labute approximate surface area is 206 Å². The van der Waals surface area contributed by atoms with E-state index >= 15 is 0 Å². The molecule has 1 aliphatic carbocycles. The maximum Gasteiger partial charge on any atom is 0.122 e. The van der Waals surface area contributed by atoms with Gasteiger partial charge in [0, 0.05) is 21.9 Å². The van der Waals surface area contributed by atoms with E-state index in [4.69, 9.17) is 4.74 Å². The van der Waals surface area contributed by atoms with E-state index in [0.29, 0.717) is 12.2 Å². The molecule has 0 spiro atoms. The monoisotopic (exact) mass is 502 g/mol. The molecule has 0 heterocycles. The number of nitrogens with one attached hydrogen (secondary N) is 1. The molecule has 0 aromatic heterocycles. The number of benzene rings is 2. The van der Waals surface area contributed by atoms with Crippen LogP contribution in [0.5, 0.6) is 5.75 Å². The second kappa shape index (κ2) is 12.3. The Morgan fingerprint density at radius 3 is 2.76 bits per heavy atom. The highest BCUT2D eigenvalue weighted by atomic mass is 79.9. The zero-order valence-electron chi connectivity index (χ0n) is 19.6. The molecule has 2 aromatic rings. The van der Waals surface area contributed by atoms with E-state index in [9.17, 15) is 5.26 Å². The van der Waals surface area contributed by atoms with Crippen LogP contribution in [-0.4, -0.2) is 0 Å². The number of allylic oxidation sites excluding steroid dienone is 5. The number of unbranched alkanes of at least 4 members (excludes halogenated alkanes) is 1. The number of halogens is 1. The Balaban J connectivity index is 1.70. The van der Waals surface area contributed by atoms with E-state index in [1.54, 1.807) is 0 Å². The van der Waals surface area contributed by atoms with Crippen molar-refractivity contribution >= 4 is 21.5 Å². The van der Waals surface area contributed by atoms with Gasteiger partial charge in [0.15, 0.2) is 0 Å². The lowest BCUT2D eigenvalue weighted by Gasteiger charge is -2.14. The van der Waals surface area contributed by atoms with Crippen LogP contribution in [0.2, 0.25) is 0 Å². The van der Waals surface area contributed by atoms with Gasteiger partial charge in [-0.2, -0.15) is 5.26 Å². The molecule has 2 aromatic carbocycles. The zero-order chi connectivity index (χ0) is 23.6. The average Bonchev–Trinajstić information content (AvgIpc) is 2.84. The largest absolute Gasteiger partial charge is 0.489 e. The van der Waals surface area contributed by atoms with Crippen molar-refractivity contribution in [1.82, 2.24) is 5.32 Å². The van der Waals surface area contributed by atoms with Gasteiger partial charge in [0.05, 0.1) is 11.6 Å². The fraction of sp³-hybridized carbons (Fsp3) is 0.276. The van der Waals surface area contributed by atoms with Gasteiger partial charge in [0.25, 0.3) is 0 Å². The van der Waals surface area contributed by atoms with E-state index in [1.807, 2.05) is 24.3 Å². The van der Waals surface area contributed by atoms with Crippen molar-refractivity contribution in [2.45, 2.75) is 53.1 Å². The number of nitrogens with zero attached hydrogens (tertiary/aromatic N) is 1. The van der Waals surface area contributed by atoms with Gasteiger partial charge in [-0.1, -0.05) is 65.7 Å². The van der Waals surface area contributed by atoms with Gasteiger partial charge in [-0.05, 0) is 79.6 Å². The van der Waals surface area contributed by atoms with E-state index in [1.165, 1.54) is 11.3 Å². The second-order valence-corrected chi connectivity index (χ2v) is 9.12. The summed E-state index contributed by atoms with van der Waals surface area (Å²) in [6.07, 6.45) is 15.5. The van der Waals surface area contributed by atoms with Gasteiger partial charge in [-0.25, -0.2) is 0 Å². The molecular formula is C29H31BrN2O. The molecule has 0 radical (unpaired) electrons. The van der Waals surface area contributed by atoms with E-state index in [-0.39, 0.29) is 0 Å². The molecule has 0 fully saturated rings. The summed E-state index contributed by atoms with van der Waals surface area (Å²) in [6.45, 7) is 6.73. The van der Waals surface area contributed by atoms with Crippen LogP contribution in [0.3, 0.4) is 0 Å². The van der Waals surface area contributed by atoms with Crippen LogP contribution in [0, 0.1) is 18.3 Å². The number of nitriles is 1. The summed E-state index contributed by atoms with van der Waals surface area (Å²) in [5.41, 5.74) is 7.31. The van der Waals surface area contributed by atoms with Crippen LogP contribution < -0.4 is 10.1 Å². The van der Waals surface area contributed by atoms with Gasteiger partial charge in [-0.15, -0.1) is 0 Å². The first-order chi connectivity index (χ1) is 16.0. The standard InChI is InChI=1S/C29H31BrN2O/c1-4-5-11-28(23-9-7-6-8-10-23)32-19-22(3)24-13-15-29(21(2)16-24)33-20-25-12-14-27(30)17-26(25)18-31/h7,9-17,19,32H,4-6,8,20H2,1-3H3/b22-19+,28-11+. The predicted octanol–water partition coefficient (Wildman–Crippen LogP) is 8.12. The molecule has 0 bridgehead atoms. The lowest BCUT2D eigenvalue weighted by atomic mass is 10.0. The lowest BCUT2D eigenvalue weighted by Crippen LogP contribution is -2.09. The van der Waals surface area contributed by atoms with Crippen LogP contribution in [-0.2, 0) is 6.61 Å². The maximum atomic E-state index is 9.36. The van der Waals surface area contributed by atoms with Crippen LogP contribution in [0.1, 0.15) is 61.8 Å². The second-order valence-electron chi connectivity index (χ2n) is 8.20. The number of ether oxygens (including phenoxy) is 1. The fourth-order valence-electron chi connectivity index (χ4n) is 3.62. The quantitative estimate of drug-likeness (QED) is 0.376. The van der Waals surface area contributed by atoms with Crippen LogP contribution in [0.4, 0.5) is 0 Å². The molecule has 3 nitrogen and oxygen atoms in total. The Bertz CT molecular complexity index is 1150. The summed E-state index contributed by atoms with van der Waals surface area (Å²) >= 11 is 3.41. The van der Waals surface area contributed by atoms with Gasteiger partial charge in [0.2, 0.25) is 0 Å². The molecule has 0 unspecified atom stereocenters. The lowest BCUT2D eigenvalue weighted by molar-refractivity contribution is 0.303. The van der Waals surface area contributed by atoms with Gasteiger partial charge < -0.3 is 10.1 Å². The third-order valence-electron chi connectivity index (χ3n) is 5.59. The van der Waals surface area contributed by atoms with Crippen molar-refractivity contribution in [2.24, 2.45) is 0 Å². The first kappa shape index (κ1) is 24.6. The SMILES string of the molecule is CCC/C=C(/N/C=C(\C)c1ccc(OCc2ccc(Br)cc2C#N)c(C)c1)C1=CCCC=C1. The molecule has 0 amide bonds. The Morgan fingerprint density at radius 1 is 1.21 bits per heavy atom. The first-order valence-corrected chi connectivity index (χ1v) is 12.2. The van der Waals surface area contributed by atoms with Crippen molar-refractivity contribution in [3.8, 4) is 11.8 Å². The predicted molar refractivity (Wildman–Crippen MR) is 141 cm³/mol. The van der Waals surface area contributed by atoms with Crippen LogP contribution in [0.15, 0.2) is 82.6 Å². The van der Waals surface area contributed by atoms with Crippen molar-refractivity contribution < 1.29 is 4.74 Å². The fourth-order valence-corrected chi connectivity index (χ4v) is 3.98. The Hall–Kier alpha value is -3.03. The molecule has 33 heavy (non-hydrogen) atoms. The Kier molecular flexibility index (Phi) is 9.15. The molecule has 0 aliphatic heterocycles. The van der Waals surface area contributed by atoms with Crippen molar-refractivity contribution in [3.05, 3.63) is 105 Å². The number of rotatable bonds is 9. The zero-order valence-corrected chi connectivity index (χ0v) is 21.2. The number of aryl methyl sites for hydroxylation is 1. The summed E-state index contributed by atoms with van der Waals surface area (Å²) in [5, 5.41) is 12.9. The maximum absolute atomic E-state index is 9.36. The molecule has 3 rings (SSSR count). The minimum absolute atomic E-state index is 0.362. The average molecular weight is 503 g/mol. The summed E-state index contributed by atoms with van der Waals surface area (Å²) in [4.78, 5) is 0. The smallest absolute Gasteiger partial charge is 0.122 e. The normalized spacial score (nSPS) is 14.0. The van der Waals surface area contributed by atoms with Gasteiger partial charge >= 0.3 is 0 Å². The summed E-state index contributed by atoms with van der Waals surface area (Å²) in [5.74, 6) is 0.826.